The van der Waals surface area contributed by atoms with Crippen LogP contribution in [0.2, 0.25) is 0 Å². The van der Waals surface area contributed by atoms with Gasteiger partial charge in [-0.2, -0.15) is 0 Å². The molecule has 1 amide bonds. The van der Waals surface area contributed by atoms with E-state index in [1.165, 1.54) is 11.3 Å². The molecular weight excluding hydrogens is 342 g/mol. The van der Waals surface area contributed by atoms with Gasteiger partial charge in [0.05, 0.1) is 0 Å². The van der Waals surface area contributed by atoms with E-state index in [1.54, 1.807) is 23.1 Å². The van der Waals surface area contributed by atoms with Crippen LogP contribution in [0.1, 0.15) is 21.2 Å². The van der Waals surface area contributed by atoms with Gasteiger partial charge in [0, 0.05) is 16.7 Å². The molecular formula is C14H10BrNO3S. The van der Waals surface area contributed by atoms with Gasteiger partial charge in [-0.25, -0.2) is 0 Å². The average Bonchev–Trinajstić information content (AvgIpc) is 3.01. The second-order valence-electron chi connectivity index (χ2n) is 4.46. The molecule has 1 aromatic carbocycles. The molecule has 4 nitrogen and oxygen atoms in total. The highest BCUT2D eigenvalue weighted by Crippen LogP contribution is 2.38. The van der Waals surface area contributed by atoms with Crippen LogP contribution in [0, 0.1) is 0 Å². The number of hydrogen-bond donors (Lipinski definition) is 1. The number of hydrogen-bond acceptors (Lipinski definition) is 3. The molecule has 2 aromatic rings. The first-order valence-corrected chi connectivity index (χ1v) is 7.63. The maximum Gasteiger partial charge on any atom is 0.312 e. The molecule has 1 aliphatic heterocycles. The van der Waals surface area contributed by atoms with Gasteiger partial charge in [0.25, 0.3) is 5.91 Å². The van der Waals surface area contributed by atoms with Crippen molar-refractivity contribution in [3.05, 3.63) is 50.6 Å². The Labute approximate surface area is 127 Å². The summed E-state index contributed by atoms with van der Waals surface area (Å²) in [6.45, 7) is 0.178. The Morgan fingerprint density at radius 1 is 1.30 bits per heavy atom. The standard InChI is InChI=1S/C14H10BrNO3S/c15-10-5-6-20-12(10)13(17)16-7-9(14(18)19)8-3-1-2-4-11(8)16/h1-6,9H,7H2,(H,18,19)/t9-/m1/s1. The number of thiophene rings is 1. The zero-order chi connectivity index (χ0) is 14.3. The van der Waals surface area contributed by atoms with Gasteiger partial charge >= 0.3 is 5.97 Å². The first-order valence-electron chi connectivity index (χ1n) is 5.96. The summed E-state index contributed by atoms with van der Waals surface area (Å²) < 4.78 is 0.740. The minimum absolute atomic E-state index is 0.164. The van der Waals surface area contributed by atoms with Crippen LogP contribution in [0.5, 0.6) is 0 Å². The van der Waals surface area contributed by atoms with Crippen molar-refractivity contribution in [1.82, 2.24) is 0 Å². The molecule has 1 aromatic heterocycles. The summed E-state index contributed by atoms with van der Waals surface area (Å²) in [6, 6.07) is 8.98. The summed E-state index contributed by atoms with van der Waals surface area (Å²) in [4.78, 5) is 26.0. The highest BCUT2D eigenvalue weighted by atomic mass is 79.9. The Kier molecular flexibility index (Phi) is 3.35. The van der Waals surface area contributed by atoms with Gasteiger partial charge < -0.3 is 10.0 Å². The first-order chi connectivity index (χ1) is 9.59. The van der Waals surface area contributed by atoms with Crippen LogP contribution in [-0.4, -0.2) is 23.5 Å². The lowest BCUT2D eigenvalue weighted by molar-refractivity contribution is -0.138. The SMILES string of the molecule is O=C(O)[C@@H]1CN(C(=O)c2sccc2Br)c2ccccc21. The van der Waals surface area contributed by atoms with E-state index in [9.17, 15) is 14.7 Å². The van der Waals surface area contributed by atoms with Gasteiger partial charge in [0.2, 0.25) is 0 Å². The number of carbonyl (C=O) groups is 2. The molecule has 0 saturated carbocycles. The van der Waals surface area contributed by atoms with Gasteiger partial charge in [-0.1, -0.05) is 18.2 Å². The lowest BCUT2D eigenvalue weighted by Crippen LogP contribution is -2.30. The third kappa shape index (κ3) is 2.05. The van der Waals surface area contributed by atoms with E-state index in [4.69, 9.17) is 0 Å². The van der Waals surface area contributed by atoms with E-state index in [1.807, 2.05) is 17.5 Å². The molecule has 102 valence electrons. The lowest BCUT2D eigenvalue weighted by Gasteiger charge is -2.16. The van der Waals surface area contributed by atoms with Crippen LogP contribution in [0.25, 0.3) is 0 Å². The molecule has 2 heterocycles. The molecule has 1 atom stereocenters. The van der Waals surface area contributed by atoms with Gasteiger partial charge in [0.1, 0.15) is 10.8 Å². The van der Waals surface area contributed by atoms with Crippen molar-refractivity contribution in [3.63, 3.8) is 0 Å². The van der Waals surface area contributed by atoms with E-state index in [2.05, 4.69) is 15.9 Å². The van der Waals surface area contributed by atoms with Gasteiger partial charge in [0.15, 0.2) is 0 Å². The highest BCUT2D eigenvalue weighted by Gasteiger charge is 2.37. The van der Waals surface area contributed by atoms with E-state index < -0.39 is 11.9 Å². The molecule has 20 heavy (non-hydrogen) atoms. The zero-order valence-corrected chi connectivity index (χ0v) is 12.6. The van der Waals surface area contributed by atoms with Crippen molar-refractivity contribution in [3.8, 4) is 0 Å². The number of halogens is 1. The second kappa shape index (κ2) is 5.03. The smallest absolute Gasteiger partial charge is 0.312 e. The minimum atomic E-state index is -0.905. The number of rotatable bonds is 2. The molecule has 3 rings (SSSR count). The summed E-state index contributed by atoms with van der Waals surface area (Å²) in [6.07, 6.45) is 0. The van der Waals surface area contributed by atoms with Gasteiger partial charge in [-0.15, -0.1) is 11.3 Å². The van der Waals surface area contributed by atoms with Crippen LogP contribution in [0.3, 0.4) is 0 Å². The molecule has 0 saturated heterocycles. The van der Waals surface area contributed by atoms with E-state index >= 15 is 0 Å². The first kappa shape index (κ1) is 13.3. The fourth-order valence-electron chi connectivity index (χ4n) is 2.38. The van der Waals surface area contributed by atoms with Crippen LogP contribution < -0.4 is 4.90 Å². The monoisotopic (exact) mass is 351 g/mol. The Morgan fingerprint density at radius 3 is 2.70 bits per heavy atom. The normalized spacial score (nSPS) is 17.1. The van der Waals surface area contributed by atoms with E-state index in [0.717, 1.165) is 4.47 Å². The van der Waals surface area contributed by atoms with Gasteiger partial charge in [-0.05, 0) is 39.0 Å². The molecule has 1 aliphatic rings. The van der Waals surface area contributed by atoms with Crippen LogP contribution >= 0.6 is 27.3 Å². The molecule has 0 aliphatic carbocycles. The van der Waals surface area contributed by atoms with E-state index in [0.29, 0.717) is 16.1 Å². The summed E-state index contributed by atoms with van der Waals surface area (Å²) in [5, 5.41) is 11.1. The topological polar surface area (TPSA) is 57.6 Å². The summed E-state index contributed by atoms with van der Waals surface area (Å²) in [7, 11) is 0. The van der Waals surface area contributed by atoms with E-state index in [-0.39, 0.29) is 12.5 Å². The Bertz CT molecular complexity index is 697. The molecule has 0 unspecified atom stereocenters. The third-order valence-corrected chi connectivity index (χ3v) is 5.15. The molecule has 0 spiro atoms. The number of nitrogens with zero attached hydrogens (tertiary/aromatic N) is 1. The Morgan fingerprint density at radius 2 is 2.05 bits per heavy atom. The quantitative estimate of drug-likeness (QED) is 0.902. The number of carbonyl (C=O) groups excluding carboxylic acids is 1. The number of carboxylic acid groups (broad SMARTS) is 1. The minimum Gasteiger partial charge on any atom is -0.481 e. The predicted octanol–water partition coefficient (Wildman–Crippen LogP) is 3.34. The summed E-state index contributed by atoms with van der Waals surface area (Å²) in [5.41, 5.74) is 1.38. The number of fused-ring (bicyclic) bond motifs is 1. The lowest BCUT2D eigenvalue weighted by atomic mass is 10.0. The zero-order valence-electron chi connectivity index (χ0n) is 10.2. The van der Waals surface area contributed by atoms with Gasteiger partial charge in [-0.3, -0.25) is 9.59 Å². The fraction of sp³-hybridized carbons (Fsp3) is 0.143. The van der Waals surface area contributed by atoms with Crippen molar-refractivity contribution in [2.75, 3.05) is 11.4 Å². The molecule has 0 radical (unpaired) electrons. The summed E-state index contributed by atoms with van der Waals surface area (Å²) in [5.74, 6) is -1.73. The average molecular weight is 352 g/mol. The Balaban J connectivity index is 2.03. The van der Waals surface area contributed by atoms with Crippen molar-refractivity contribution >= 4 is 44.8 Å². The number of amides is 1. The van der Waals surface area contributed by atoms with Crippen molar-refractivity contribution in [2.45, 2.75) is 5.92 Å². The maximum absolute atomic E-state index is 12.6. The van der Waals surface area contributed by atoms with Crippen LogP contribution in [0.15, 0.2) is 40.2 Å². The largest absolute Gasteiger partial charge is 0.481 e. The summed E-state index contributed by atoms with van der Waals surface area (Å²) >= 11 is 4.69. The Hall–Kier alpha value is -1.66. The van der Waals surface area contributed by atoms with Crippen LogP contribution in [-0.2, 0) is 4.79 Å². The number of para-hydroxylation sites is 1. The van der Waals surface area contributed by atoms with Crippen molar-refractivity contribution < 1.29 is 14.7 Å². The van der Waals surface area contributed by atoms with Crippen LogP contribution in [0.4, 0.5) is 5.69 Å². The third-order valence-electron chi connectivity index (χ3n) is 3.32. The molecule has 0 fully saturated rings. The number of anilines is 1. The van der Waals surface area contributed by atoms with Crippen molar-refractivity contribution in [2.24, 2.45) is 0 Å². The number of aliphatic carboxylic acids is 1. The highest BCUT2D eigenvalue weighted by molar-refractivity contribution is 9.10. The molecule has 6 heteroatoms. The fourth-order valence-corrected chi connectivity index (χ4v) is 3.87. The molecule has 0 bridgehead atoms. The number of benzene rings is 1. The molecule has 1 N–H and O–H groups in total. The van der Waals surface area contributed by atoms with Crippen molar-refractivity contribution in [1.29, 1.82) is 0 Å². The maximum atomic E-state index is 12.6. The number of carboxylic acids is 1. The predicted molar refractivity (Wildman–Crippen MR) is 80.5 cm³/mol. The second-order valence-corrected chi connectivity index (χ2v) is 6.23.